The zero-order valence-electron chi connectivity index (χ0n) is 12.9. The molecule has 0 saturated heterocycles. The van der Waals surface area contributed by atoms with E-state index >= 15 is 0 Å². The highest BCUT2D eigenvalue weighted by Crippen LogP contribution is 2.29. The predicted molar refractivity (Wildman–Crippen MR) is 80.9 cm³/mol. The summed E-state index contributed by atoms with van der Waals surface area (Å²) in [6.07, 6.45) is 1.08. The maximum Gasteiger partial charge on any atom is 0.328 e. The van der Waals surface area contributed by atoms with Gasteiger partial charge < -0.3 is 4.74 Å². The molecule has 0 aliphatic heterocycles. The van der Waals surface area contributed by atoms with Gasteiger partial charge in [0.15, 0.2) is 5.78 Å². The van der Waals surface area contributed by atoms with Gasteiger partial charge in [-0.15, -0.1) is 0 Å². The summed E-state index contributed by atoms with van der Waals surface area (Å²) in [4.78, 5) is 36.5. The molecule has 1 aliphatic carbocycles. The van der Waals surface area contributed by atoms with E-state index in [-0.39, 0.29) is 18.1 Å². The quantitative estimate of drug-likeness (QED) is 0.617. The van der Waals surface area contributed by atoms with Crippen LogP contribution in [0.1, 0.15) is 29.3 Å². The van der Waals surface area contributed by atoms with Crippen LogP contribution in [0.3, 0.4) is 0 Å². The number of imidazole rings is 1. The lowest BCUT2D eigenvalue weighted by atomic mass is 9.82. The number of hydrogen-bond donors (Lipinski definition) is 0. The third-order valence-electron chi connectivity index (χ3n) is 4.35. The first kappa shape index (κ1) is 14.6. The number of aryl methyl sites for hydroxylation is 3. The fraction of sp³-hybridized carbons (Fsp3) is 0.438. The number of esters is 1. The molecule has 0 fully saturated rings. The number of Topliss-reactive ketones (excluding diaryl/α,β-unsaturated/α-hetero) is 1. The molecule has 1 aliphatic rings. The van der Waals surface area contributed by atoms with E-state index < -0.39 is 11.9 Å². The van der Waals surface area contributed by atoms with Crippen molar-refractivity contribution in [2.24, 2.45) is 20.0 Å². The summed E-state index contributed by atoms with van der Waals surface area (Å²) in [6, 6.07) is 3.60. The topological polar surface area (TPSA) is 70.3 Å². The first-order chi connectivity index (χ1) is 10.5. The molecule has 1 aromatic heterocycles. The predicted octanol–water partition coefficient (Wildman–Crippen LogP) is 1.19. The number of benzene rings is 1. The van der Waals surface area contributed by atoms with Crippen molar-refractivity contribution < 1.29 is 14.3 Å². The van der Waals surface area contributed by atoms with Gasteiger partial charge in [-0.2, -0.15) is 0 Å². The molecule has 116 valence electrons. The minimum atomic E-state index is -0.731. The van der Waals surface area contributed by atoms with Crippen LogP contribution in [0.25, 0.3) is 11.0 Å². The average molecular weight is 302 g/mol. The summed E-state index contributed by atoms with van der Waals surface area (Å²) < 4.78 is 8.06. The molecule has 22 heavy (non-hydrogen) atoms. The maximum absolute atomic E-state index is 12.6. The van der Waals surface area contributed by atoms with E-state index in [1.165, 1.54) is 4.57 Å². The maximum atomic E-state index is 12.6. The molecule has 0 bridgehead atoms. The Labute approximate surface area is 127 Å². The fourth-order valence-corrected chi connectivity index (χ4v) is 3.11. The summed E-state index contributed by atoms with van der Waals surface area (Å²) in [5.74, 6) is -1.40. The van der Waals surface area contributed by atoms with Crippen molar-refractivity contribution in [3.05, 3.63) is 33.7 Å². The molecule has 3 rings (SSSR count). The van der Waals surface area contributed by atoms with E-state index in [9.17, 15) is 14.4 Å². The largest absolute Gasteiger partial charge is 0.465 e. The van der Waals surface area contributed by atoms with Gasteiger partial charge in [0.2, 0.25) is 0 Å². The SMILES string of the molecule is CCOC(=O)C1CCc2cc3c(cc2C1=O)n(C)c(=O)n3C. The summed E-state index contributed by atoms with van der Waals surface area (Å²) >= 11 is 0. The first-order valence-electron chi connectivity index (χ1n) is 7.34. The highest BCUT2D eigenvalue weighted by Gasteiger charge is 2.34. The standard InChI is InChI=1S/C16H18N2O4/c1-4-22-15(20)10-6-5-9-7-12-13(8-11(9)14(10)19)18(3)16(21)17(12)2/h7-8,10H,4-6H2,1-3H3. The molecule has 0 amide bonds. The number of ketones is 1. The van der Waals surface area contributed by atoms with Gasteiger partial charge in [-0.1, -0.05) is 0 Å². The van der Waals surface area contributed by atoms with Crippen LogP contribution in [-0.2, 0) is 30.0 Å². The minimum absolute atomic E-state index is 0.133. The molecule has 0 saturated carbocycles. The third-order valence-corrected chi connectivity index (χ3v) is 4.35. The number of hydrogen-bond acceptors (Lipinski definition) is 4. The monoisotopic (exact) mass is 302 g/mol. The van der Waals surface area contributed by atoms with Gasteiger partial charge in [-0.25, -0.2) is 4.79 Å². The van der Waals surface area contributed by atoms with Crippen LogP contribution in [0.2, 0.25) is 0 Å². The van der Waals surface area contributed by atoms with Gasteiger partial charge in [0.05, 0.1) is 17.6 Å². The Bertz CT molecular complexity index is 844. The van der Waals surface area contributed by atoms with E-state index in [1.807, 2.05) is 6.07 Å². The van der Waals surface area contributed by atoms with Crippen molar-refractivity contribution >= 4 is 22.8 Å². The van der Waals surface area contributed by atoms with Crippen molar-refractivity contribution in [2.45, 2.75) is 19.8 Å². The fourth-order valence-electron chi connectivity index (χ4n) is 3.11. The van der Waals surface area contributed by atoms with E-state index in [1.54, 1.807) is 31.7 Å². The molecule has 0 spiro atoms. The first-order valence-corrected chi connectivity index (χ1v) is 7.34. The van der Waals surface area contributed by atoms with Gasteiger partial charge >= 0.3 is 11.7 Å². The number of nitrogens with zero attached hydrogens (tertiary/aromatic N) is 2. The molecular weight excluding hydrogens is 284 g/mol. The number of carbonyl (C=O) groups excluding carboxylic acids is 2. The van der Waals surface area contributed by atoms with Crippen LogP contribution in [0, 0.1) is 5.92 Å². The molecular formula is C16H18N2O4. The second-order valence-corrected chi connectivity index (χ2v) is 5.61. The molecule has 0 N–H and O–H groups in total. The van der Waals surface area contributed by atoms with Gasteiger partial charge in [-0.05, 0) is 37.5 Å². The molecule has 1 atom stereocenters. The van der Waals surface area contributed by atoms with Gasteiger partial charge in [0, 0.05) is 19.7 Å². The third kappa shape index (κ3) is 1.98. The number of aromatic nitrogens is 2. The summed E-state index contributed by atoms with van der Waals surface area (Å²) in [6.45, 7) is 1.99. The van der Waals surface area contributed by atoms with Crippen LogP contribution in [0.5, 0.6) is 0 Å². The molecule has 0 radical (unpaired) electrons. The lowest BCUT2D eigenvalue weighted by molar-refractivity contribution is -0.146. The Morgan fingerprint density at radius 1 is 1.23 bits per heavy atom. The Hall–Kier alpha value is -2.37. The van der Waals surface area contributed by atoms with E-state index in [2.05, 4.69) is 0 Å². The molecule has 1 heterocycles. The van der Waals surface area contributed by atoms with Crippen LogP contribution >= 0.6 is 0 Å². The van der Waals surface area contributed by atoms with Crippen LogP contribution in [0.15, 0.2) is 16.9 Å². The Kier molecular flexibility index (Phi) is 3.39. The highest BCUT2D eigenvalue weighted by molar-refractivity contribution is 6.11. The average Bonchev–Trinajstić information content (AvgIpc) is 2.71. The smallest absolute Gasteiger partial charge is 0.328 e. The molecule has 1 unspecified atom stereocenters. The Balaban J connectivity index is 2.13. The second-order valence-electron chi connectivity index (χ2n) is 5.61. The lowest BCUT2D eigenvalue weighted by Gasteiger charge is -2.22. The Morgan fingerprint density at radius 3 is 2.50 bits per heavy atom. The van der Waals surface area contributed by atoms with E-state index in [4.69, 9.17) is 4.74 Å². The van der Waals surface area contributed by atoms with E-state index in [0.717, 1.165) is 11.1 Å². The molecule has 6 heteroatoms. The normalized spacial score (nSPS) is 17.6. The van der Waals surface area contributed by atoms with Crippen LogP contribution in [0.4, 0.5) is 0 Å². The number of ether oxygens (including phenoxy) is 1. The zero-order chi connectivity index (χ0) is 16.0. The lowest BCUT2D eigenvalue weighted by Crippen LogP contribution is -2.31. The van der Waals surface area contributed by atoms with Gasteiger partial charge in [-0.3, -0.25) is 18.7 Å². The van der Waals surface area contributed by atoms with Crippen molar-refractivity contribution in [1.82, 2.24) is 9.13 Å². The summed E-state index contributed by atoms with van der Waals surface area (Å²) in [7, 11) is 3.39. The van der Waals surface area contributed by atoms with Gasteiger partial charge in [0.1, 0.15) is 5.92 Å². The number of carbonyl (C=O) groups is 2. The van der Waals surface area contributed by atoms with Crippen molar-refractivity contribution in [2.75, 3.05) is 6.61 Å². The van der Waals surface area contributed by atoms with Crippen LogP contribution < -0.4 is 5.69 Å². The number of fused-ring (bicyclic) bond motifs is 2. The summed E-state index contributed by atoms with van der Waals surface area (Å²) in [5.41, 5.74) is 2.78. The van der Waals surface area contributed by atoms with Crippen molar-refractivity contribution in [3.63, 3.8) is 0 Å². The molecule has 6 nitrogen and oxygen atoms in total. The zero-order valence-corrected chi connectivity index (χ0v) is 12.9. The van der Waals surface area contributed by atoms with Crippen molar-refractivity contribution in [3.8, 4) is 0 Å². The van der Waals surface area contributed by atoms with Crippen molar-refractivity contribution in [1.29, 1.82) is 0 Å². The van der Waals surface area contributed by atoms with E-state index in [0.29, 0.717) is 23.9 Å². The summed E-state index contributed by atoms with van der Waals surface area (Å²) in [5, 5.41) is 0. The second kappa shape index (κ2) is 5.12. The minimum Gasteiger partial charge on any atom is -0.465 e. The molecule has 2 aromatic rings. The Morgan fingerprint density at radius 2 is 1.86 bits per heavy atom. The number of rotatable bonds is 2. The molecule has 1 aromatic carbocycles. The van der Waals surface area contributed by atoms with Gasteiger partial charge in [0.25, 0.3) is 0 Å². The highest BCUT2D eigenvalue weighted by atomic mass is 16.5. The van der Waals surface area contributed by atoms with Crippen LogP contribution in [-0.4, -0.2) is 27.5 Å².